The Morgan fingerprint density at radius 3 is 2.47 bits per heavy atom. The second kappa shape index (κ2) is 7.54. The van der Waals surface area contributed by atoms with Crippen molar-refractivity contribution in [3.63, 3.8) is 0 Å². The van der Waals surface area contributed by atoms with Crippen LogP contribution in [0.5, 0.6) is 11.5 Å². The van der Waals surface area contributed by atoms with Gasteiger partial charge in [0.2, 0.25) is 5.91 Å². The van der Waals surface area contributed by atoms with Crippen LogP contribution in [-0.4, -0.2) is 26.2 Å². The molecule has 94 valence electrons. The van der Waals surface area contributed by atoms with E-state index in [2.05, 4.69) is 5.32 Å². The molecule has 0 radical (unpaired) electrons. The average Bonchev–Trinajstić information content (AvgIpc) is 2.36. The predicted molar refractivity (Wildman–Crippen MR) is 66.4 cm³/mol. The van der Waals surface area contributed by atoms with Gasteiger partial charge in [0.25, 0.3) is 0 Å². The first-order chi connectivity index (χ1) is 8.26. The van der Waals surface area contributed by atoms with Gasteiger partial charge in [0.1, 0.15) is 11.5 Å². The number of rotatable bonds is 7. The van der Waals surface area contributed by atoms with Crippen molar-refractivity contribution >= 4 is 5.91 Å². The molecule has 0 fully saturated rings. The molecule has 4 nitrogen and oxygen atoms in total. The van der Waals surface area contributed by atoms with E-state index in [9.17, 15) is 4.79 Å². The molecule has 0 spiro atoms. The van der Waals surface area contributed by atoms with Crippen LogP contribution >= 0.6 is 0 Å². The minimum absolute atomic E-state index is 0.0748. The molecule has 1 aromatic carbocycles. The van der Waals surface area contributed by atoms with E-state index in [1.165, 1.54) is 0 Å². The third kappa shape index (κ3) is 5.24. The topological polar surface area (TPSA) is 47.6 Å². The summed E-state index contributed by atoms with van der Waals surface area (Å²) >= 11 is 0. The number of hydrogen-bond acceptors (Lipinski definition) is 3. The van der Waals surface area contributed by atoms with Crippen LogP contribution in [0.3, 0.4) is 0 Å². The summed E-state index contributed by atoms with van der Waals surface area (Å²) in [5.41, 5.74) is 0. The van der Waals surface area contributed by atoms with Gasteiger partial charge < -0.3 is 14.8 Å². The van der Waals surface area contributed by atoms with Crippen molar-refractivity contribution in [1.29, 1.82) is 0 Å². The highest BCUT2D eigenvalue weighted by molar-refractivity contribution is 5.75. The standard InChI is InChI=1S/C13H19NO3/c1-3-14-13(15)5-4-10-17-12-8-6-11(16-2)7-9-12/h6-9H,3-5,10H2,1-2H3,(H,14,15). The van der Waals surface area contributed by atoms with Crippen LogP contribution < -0.4 is 14.8 Å². The molecule has 0 aliphatic heterocycles. The van der Waals surface area contributed by atoms with Crippen LogP contribution in [0.1, 0.15) is 19.8 Å². The van der Waals surface area contributed by atoms with Crippen molar-refractivity contribution in [1.82, 2.24) is 5.32 Å². The lowest BCUT2D eigenvalue weighted by Gasteiger charge is -2.07. The van der Waals surface area contributed by atoms with E-state index in [0.29, 0.717) is 19.6 Å². The van der Waals surface area contributed by atoms with E-state index in [-0.39, 0.29) is 5.91 Å². The molecule has 0 aliphatic carbocycles. The summed E-state index contributed by atoms with van der Waals surface area (Å²) in [6.07, 6.45) is 1.22. The van der Waals surface area contributed by atoms with Gasteiger partial charge in [-0.2, -0.15) is 0 Å². The average molecular weight is 237 g/mol. The minimum Gasteiger partial charge on any atom is -0.497 e. The monoisotopic (exact) mass is 237 g/mol. The van der Waals surface area contributed by atoms with E-state index in [1.807, 2.05) is 31.2 Å². The zero-order valence-electron chi connectivity index (χ0n) is 10.4. The van der Waals surface area contributed by atoms with Gasteiger partial charge in [-0.3, -0.25) is 4.79 Å². The molecule has 0 saturated heterocycles. The molecule has 0 atom stereocenters. The maximum absolute atomic E-state index is 11.2. The maximum Gasteiger partial charge on any atom is 0.220 e. The zero-order chi connectivity index (χ0) is 12.5. The molecule has 0 aromatic heterocycles. The van der Waals surface area contributed by atoms with Gasteiger partial charge in [-0.1, -0.05) is 0 Å². The van der Waals surface area contributed by atoms with Gasteiger partial charge in [0, 0.05) is 13.0 Å². The third-order valence-corrected chi connectivity index (χ3v) is 2.25. The Hall–Kier alpha value is -1.71. The third-order valence-electron chi connectivity index (χ3n) is 2.25. The predicted octanol–water partition coefficient (Wildman–Crippen LogP) is 1.99. The number of hydrogen-bond donors (Lipinski definition) is 1. The highest BCUT2D eigenvalue weighted by Gasteiger charge is 1.99. The normalized spacial score (nSPS) is 9.76. The van der Waals surface area contributed by atoms with Crippen LogP contribution in [0.15, 0.2) is 24.3 Å². The Bertz CT molecular complexity index is 335. The number of nitrogens with one attached hydrogen (secondary N) is 1. The molecule has 1 aromatic rings. The summed E-state index contributed by atoms with van der Waals surface area (Å²) in [5, 5.41) is 2.75. The number of carbonyl (C=O) groups excluding carboxylic acids is 1. The fourth-order valence-electron chi connectivity index (χ4n) is 1.38. The van der Waals surface area contributed by atoms with E-state index in [0.717, 1.165) is 17.9 Å². The lowest BCUT2D eigenvalue weighted by Crippen LogP contribution is -2.22. The molecule has 4 heteroatoms. The van der Waals surface area contributed by atoms with Crippen molar-refractivity contribution in [2.75, 3.05) is 20.3 Å². The minimum atomic E-state index is 0.0748. The van der Waals surface area contributed by atoms with Crippen LogP contribution in [0.25, 0.3) is 0 Å². The highest BCUT2D eigenvalue weighted by atomic mass is 16.5. The summed E-state index contributed by atoms with van der Waals surface area (Å²) in [7, 11) is 1.63. The van der Waals surface area contributed by atoms with E-state index < -0.39 is 0 Å². The molecule has 1 rings (SSSR count). The van der Waals surface area contributed by atoms with Crippen LogP contribution in [-0.2, 0) is 4.79 Å². The van der Waals surface area contributed by atoms with Crippen molar-refractivity contribution in [2.24, 2.45) is 0 Å². The second-order valence-electron chi connectivity index (χ2n) is 3.58. The summed E-state index contributed by atoms with van der Waals surface area (Å²) in [6, 6.07) is 7.40. The molecule has 1 amide bonds. The zero-order valence-corrected chi connectivity index (χ0v) is 10.4. The quantitative estimate of drug-likeness (QED) is 0.738. The fourth-order valence-corrected chi connectivity index (χ4v) is 1.38. The molecule has 1 N–H and O–H groups in total. The summed E-state index contributed by atoms with van der Waals surface area (Å²) in [4.78, 5) is 11.2. The van der Waals surface area contributed by atoms with Gasteiger partial charge in [0.05, 0.1) is 13.7 Å². The molecular formula is C13H19NO3. The molecule has 0 bridgehead atoms. The molecule has 0 saturated carbocycles. The number of benzene rings is 1. The van der Waals surface area contributed by atoms with E-state index in [4.69, 9.17) is 9.47 Å². The molecule has 0 aliphatic rings. The Kier molecular flexibility index (Phi) is 5.93. The Labute approximate surface area is 102 Å². The van der Waals surface area contributed by atoms with E-state index >= 15 is 0 Å². The highest BCUT2D eigenvalue weighted by Crippen LogP contribution is 2.17. The first-order valence-corrected chi connectivity index (χ1v) is 5.79. The number of ether oxygens (including phenoxy) is 2. The van der Waals surface area contributed by atoms with Crippen molar-refractivity contribution in [3.05, 3.63) is 24.3 Å². The maximum atomic E-state index is 11.2. The summed E-state index contributed by atoms with van der Waals surface area (Å²) in [5.74, 6) is 1.67. The molecule has 0 unspecified atom stereocenters. The SMILES string of the molecule is CCNC(=O)CCCOc1ccc(OC)cc1. The van der Waals surface area contributed by atoms with Crippen LogP contribution in [0.2, 0.25) is 0 Å². The van der Waals surface area contributed by atoms with Gasteiger partial charge in [-0.25, -0.2) is 0 Å². The summed E-state index contributed by atoms with van der Waals surface area (Å²) < 4.78 is 10.5. The van der Waals surface area contributed by atoms with Crippen LogP contribution in [0, 0.1) is 0 Å². The first-order valence-electron chi connectivity index (χ1n) is 5.79. The lowest BCUT2D eigenvalue weighted by atomic mass is 10.3. The van der Waals surface area contributed by atoms with Crippen molar-refractivity contribution < 1.29 is 14.3 Å². The van der Waals surface area contributed by atoms with Gasteiger partial charge in [-0.05, 0) is 37.6 Å². The molecular weight excluding hydrogens is 218 g/mol. The fraction of sp³-hybridized carbons (Fsp3) is 0.462. The largest absolute Gasteiger partial charge is 0.497 e. The van der Waals surface area contributed by atoms with Gasteiger partial charge in [0.15, 0.2) is 0 Å². The van der Waals surface area contributed by atoms with Gasteiger partial charge in [-0.15, -0.1) is 0 Å². The van der Waals surface area contributed by atoms with Crippen LogP contribution in [0.4, 0.5) is 0 Å². The second-order valence-corrected chi connectivity index (χ2v) is 3.58. The Morgan fingerprint density at radius 2 is 1.88 bits per heavy atom. The number of carbonyl (C=O) groups is 1. The molecule has 0 heterocycles. The lowest BCUT2D eigenvalue weighted by molar-refractivity contribution is -0.121. The smallest absolute Gasteiger partial charge is 0.220 e. The Morgan fingerprint density at radius 1 is 1.24 bits per heavy atom. The molecule has 17 heavy (non-hydrogen) atoms. The van der Waals surface area contributed by atoms with Crippen molar-refractivity contribution in [3.8, 4) is 11.5 Å². The first kappa shape index (κ1) is 13.4. The van der Waals surface area contributed by atoms with E-state index in [1.54, 1.807) is 7.11 Å². The number of amides is 1. The number of methoxy groups -OCH3 is 1. The Balaban J connectivity index is 2.19. The summed E-state index contributed by atoms with van der Waals surface area (Å²) in [6.45, 7) is 3.13. The van der Waals surface area contributed by atoms with Crippen molar-refractivity contribution in [2.45, 2.75) is 19.8 Å². The van der Waals surface area contributed by atoms with Gasteiger partial charge >= 0.3 is 0 Å².